The number of nitrogens with zero attached hydrogens (tertiary/aromatic N) is 3. The highest BCUT2D eigenvalue weighted by Crippen LogP contribution is 2.24. The summed E-state index contributed by atoms with van der Waals surface area (Å²) < 4.78 is 0.730. The average Bonchev–Trinajstić information content (AvgIpc) is 2.17. The van der Waals surface area contributed by atoms with Crippen molar-refractivity contribution in [3.05, 3.63) is 10.8 Å². The maximum absolute atomic E-state index is 5.58. The number of nitrogens with one attached hydrogen (secondary N) is 1. The molecule has 2 rings (SSSR count). The molecular formula is C7H10BrN5. The highest BCUT2D eigenvalue weighted by atomic mass is 79.9. The first kappa shape index (κ1) is 8.71. The second-order valence-corrected chi connectivity index (χ2v) is 3.55. The summed E-state index contributed by atoms with van der Waals surface area (Å²) in [7, 11) is 0. The number of halogens is 1. The lowest BCUT2D eigenvalue weighted by Crippen LogP contribution is -2.39. The Morgan fingerprint density at radius 1 is 1.69 bits per heavy atom. The number of anilines is 2. The Labute approximate surface area is 84.5 Å². The lowest BCUT2D eigenvalue weighted by molar-refractivity contribution is 0.771. The Balaban J connectivity index is 2.41. The molecule has 0 radical (unpaired) electrons. The first-order chi connectivity index (χ1) is 6.31. The Morgan fingerprint density at radius 2 is 2.54 bits per heavy atom. The van der Waals surface area contributed by atoms with Crippen LogP contribution in [0, 0.1) is 0 Å². The van der Waals surface area contributed by atoms with Gasteiger partial charge in [0.2, 0.25) is 0 Å². The van der Waals surface area contributed by atoms with Crippen LogP contribution in [0.2, 0.25) is 0 Å². The SMILES string of the molecule is NCN1CCNc2ncc(Br)nc21. The third-order valence-corrected chi connectivity index (χ3v) is 2.30. The van der Waals surface area contributed by atoms with Gasteiger partial charge in [0.05, 0.1) is 12.9 Å². The van der Waals surface area contributed by atoms with E-state index in [9.17, 15) is 0 Å². The van der Waals surface area contributed by atoms with Crippen LogP contribution in [0.3, 0.4) is 0 Å². The second kappa shape index (κ2) is 3.47. The fourth-order valence-corrected chi connectivity index (χ4v) is 1.57. The number of aromatic nitrogens is 2. The molecule has 0 amide bonds. The van der Waals surface area contributed by atoms with Crippen molar-refractivity contribution in [1.29, 1.82) is 0 Å². The quantitative estimate of drug-likeness (QED) is 0.747. The van der Waals surface area contributed by atoms with Gasteiger partial charge in [0.15, 0.2) is 11.6 Å². The number of fused-ring (bicyclic) bond motifs is 1. The first-order valence-electron chi connectivity index (χ1n) is 4.02. The van der Waals surface area contributed by atoms with E-state index in [4.69, 9.17) is 5.73 Å². The third-order valence-electron chi connectivity index (χ3n) is 1.92. The Bertz CT molecular complexity index is 316. The highest BCUT2D eigenvalue weighted by Gasteiger charge is 2.17. The van der Waals surface area contributed by atoms with E-state index in [1.54, 1.807) is 6.20 Å². The van der Waals surface area contributed by atoms with Gasteiger partial charge in [-0.3, -0.25) is 0 Å². The summed E-state index contributed by atoms with van der Waals surface area (Å²) in [5.41, 5.74) is 5.58. The molecule has 0 fully saturated rings. The summed E-state index contributed by atoms with van der Waals surface area (Å²) >= 11 is 3.28. The number of rotatable bonds is 1. The summed E-state index contributed by atoms with van der Waals surface area (Å²) in [6.07, 6.45) is 1.67. The minimum absolute atomic E-state index is 0.472. The van der Waals surface area contributed by atoms with Crippen molar-refractivity contribution >= 4 is 27.6 Å². The lowest BCUT2D eigenvalue weighted by atomic mass is 10.4. The van der Waals surface area contributed by atoms with Crippen LogP contribution in [0.1, 0.15) is 0 Å². The number of hydrogen-bond donors (Lipinski definition) is 2. The first-order valence-corrected chi connectivity index (χ1v) is 4.82. The van der Waals surface area contributed by atoms with E-state index in [1.165, 1.54) is 0 Å². The van der Waals surface area contributed by atoms with E-state index in [1.807, 2.05) is 4.90 Å². The zero-order valence-electron chi connectivity index (χ0n) is 7.00. The van der Waals surface area contributed by atoms with Crippen LogP contribution in [0.5, 0.6) is 0 Å². The summed E-state index contributed by atoms with van der Waals surface area (Å²) in [5, 5.41) is 3.16. The van der Waals surface area contributed by atoms with Crippen molar-refractivity contribution in [3.63, 3.8) is 0 Å². The molecule has 5 nitrogen and oxygen atoms in total. The molecule has 1 aliphatic heterocycles. The van der Waals surface area contributed by atoms with Crippen molar-refractivity contribution < 1.29 is 0 Å². The minimum atomic E-state index is 0.472. The lowest BCUT2D eigenvalue weighted by Gasteiger charge is -2.28. The maximum atomic E-state index is 5.58. The van der Waals surface area contributed by atoms with Crippen molar-refractivity contribution in [1.82, 2.24) is 9.97 Å². The van der Waals surface area contributed by atoms with Crippen LogP contribution in [-0.2, 0) is 0 Å². The molecule has 1 aromatic rings. The fraction of sp³-hybridized carbons (Fsp3) is 0.429. The van der Waals surface area contributed by atoms with E-state index in [-0.39, 0.29) is 0 Å². The van der Waals surface area contributed by atoms with E-state index in [0.29, 0.717) is 6.67 Å². The van der Waals surface area contributed by atoms with Gasteiger partial charge in [-0.2, -0.15) is 0 Å². The molecular weight excluding hydrogens is 234 g/mol. The van der Waals surface area contributed by atoms with Crippen molar-refractivity contribution in [3.8, 4) is 0 Å². The van der Waals surface area contributed by atoms with Gasteiger partial charge in [-0.1, -0.05) is 0 Å². The van der Waals surface area contributed by atoms with E-state index in [0.717, 1.165) is 29.3 Å². The van der Waals surface area contributed by atoms with Gasteiger partial charge < -0.3 is 16.0 Å². The van der Waals surface area contributed by atoms with Gasteiger partial charge in [0.25, 0.3) is 0 Å². The van der Waals surface area contributed by atoms with Gasteiger partial charge in [-0.25, -0.2) is 9.97 Å². The zero-order chi connectivity index (χ0) is 9.26. The molecule has 1 aromatic heterocycles. The summed E-state index contributed by atoms with van der Waals surface area (Å²) in [4.78, 5) is 10.5. The highest BCUT2D eigenvalue weighted by molar-refractivity contribution is 9.10. The normalized spacial score (nSPS) is 15.1. The van der Waals surface area contributed by atoms with Crippen molar-refractivity contribution in [2.24, 2.45) is 5.73 Å². The molecule has 13 heavy (non-hydrogen) atoms. The smallest absolute Gasteiger partial charge is 0.173 e. The molecule has 0 aromatic carbocycles. The van der Waals surface area contributed by atoms with Gasteiger partial charge in [0, 0.05) is 13.1 Å². The van der Waals surface area contributed by atoms with Gasteiger partial charge >= 0.3 is 0 Å². The van der Waals surface area contributed by atoms with Gasteiger partial charge in [0.1, 0.15) is 4.60 Å². The summed E-state index contributed by atoms with van der Waals surface area (Å²) in [5.74, 6) is 1.63. The molecule has 0 saturated heterocycles. The predicted molar refractivity (Wildman–Crippen MR) is 54.6 cm³/mol. The summed E-state index contributed by atoms with van der Waals surface area (Å²) in [6, 6.07) is 0. The Morgan fingerprint density at radius 3 is 3.31 bits per heavy atom. The van der Waals surface area contributed by atoms with Crippen molar-refractivity contribution in [2.75, 3.05) is 30.0 Å². The largest absolute Gasteiger partial charge is 0.365 e. The predicted octanol–water partition coefficient (Wildman–Crippen LogP) is 0.387. The van der Waals surface area contributed by atoms with Gasteiger partial charge in [-0.15, -0.1) is 0 Å². The van der Waals surface area contributed by atoms with Crippen LogP contribution in [-0.4, -0.2) is 29.7 Å². The van der Waals surface area contributed by atoms with Crippen LogP contribution < -0.4 is 16.0 Å². The molecule has 0 bridgehead atoms. The molecule has 6 heteroatoms. The monoisotopic (exact) mass is 243 g/mol. The molecule has 0 saturated carbocycles. The summed E-state index contributed by atoms with van der Waals surface area (Å²) in [6.45, 7) is 2.20. The molecule has 0 atom stereocenters. The van der Waals surface area contributed by atoms with Crippen LogP contribution in [0.15, 0.2) is 10.8 Å². The van der Waals surface area contributed by atoms with E-state index < -0.39 is 0 Å². The Kier molecular flexibility index (Phi) is 2.32. The van der Waals surface area contributed by atoms with Gasteiger partial charge in [-0.05, 0) is 15.9 Å². The third kappa shape index (κ3) is 1.59. The van der Waals surface area contributed by atoms with E-state index in [2.05, 4.69) is 31.2 Å². The molecule has 0 aliphatic carbocycles. The average molecular weight is 244 g/mol. The van der Waals surface area contributed by atoms with Crippen LogP contribution >= 0.6 is 15.9 Å². The molecule has 3 N–H and O–H groups in total. The maximum Gasteiger partial charge on any atom is 0.173 e. The minimum Gasteiger partial charge on any atom is -0.365 e. The molecule has 70 valence electrons. The second-order valence-electron chi connectivity index (χ2n) is 2.74. The molecule has 0 unspecified atom stereocenters. The molecule has 1 aliphatic rings. The van der Waals surface area contributed by atoms with Crippen LogP contribution in [0.25, 0.3) is 0 Å². The zero-order valence-corrected chi connectivity index (χ0v) is 8.58. The Hall–Kier alpha value is -0.880. The van der Waals surface area contributed by atoms with Crippen molar-refractivity contribution in [2.45, 2.75) is 0 Å². The topological polar surface area (TPSA) is 67.1 Å². The standard InChI is InChI=1S/C7H10BrN5/c8-5-3-11-6-7(12-5)13(4-9)2-1-10-6/h3H,1-2,4,9H2,(H,10,11). The molecule has 2 heterocycles. The fourth-order valence-electron chi connectivity index (χ4n) is 1.30. The molecule has 0 spiro atoms. The number of hydrogen-bond acceptors (Lipinski definition) is 5. The van der Waals surface area contributed by atoms with Crippen LogP contribution in [0.4, 0.5) is 11.6 Å². The van der Waals surface area contributed by atoms with E-state index >= 15 is 0 Å². The number of nitrogens with two attached hydrogens (primary N) is 1.